The third-order valence-corrected chi connectivity index (χ3v) is 2.83. The molecule has 0 aliphatic rings. The molecule has 20 heavy (non-hydrogen) atoms. The van der Waals surface area contributed by atoms with Gasteiger partial charge in [0.1, 0.15) is 22.9 Å². The summed E-state index contributed by atoms with van der Waals surface area (Å²) < 4.78 is 26.7. The van der Waals surface area contributed by atoms with Crippen LogP contribution in [0.25, 0.3) is 0 Å². The van der Waals surface area contributed by atoms with Crippen molar-refractivity contribution in [3.63, 3.8) is 0 Å². The number of nitrogens with one attached hydrogen (secondary N) is 1. The lowest BCUT2D eigenvalue weighted by molar-refractivity contribution is 0.0945. The Morgan fingerprint density at radius 1 is 1.05 bits per heavy atom. The summed E-state index contributed by atoms with van der Waals surface area (Å²) in [6.07, 6.45) is 0.502. The second-order valence-corrected chi connectivity index (χ2v) is 4.27. The smallest absolute Gasteiger partial charge is 0.257 e. The summed E-state index contributed by atoms with van der Waals surface area (Å²) in [6.45, 7) is 0.247. The number of phenolic OH excluding ortho intramolecular Hbond substituents is 1. The third kappa shape index (κ3) is 3.32. The predicted octanol–water partition coefficient (Wildman–Crippen LogP) is 2.64. The molecule has 0 fully saturated rings. The van der Waals surface area contributed by atoms with E-state index in [2.05, 4.69) is 5.32 Å². The molecule has 0 spiro atoms. The van der Waals surface area contributed by atoms with E-state index in [1.807, 2.05) is 0 Å². The topological polar surface area (TPSA) is 49.3 Å². The minimum Gasteiger partial charge on any atom is -0.508 e. The highest BCUT2D eigenvalue weighted by Crippen LogP contribution is 2.12. The molecule has 0 saturated heterocycles. The number of phenols is 1. The Kier molecular flexibility index (Phi) is 4.30. The summed E-state index contributed by atoms with van der Waals surface area (Å²) in [5.41, 5.74) is 0.329. The van der Waals surface area contributed by atoms with Crippen LogP contribution in [-0.2, 0) is 6.42 Å². The van der Waals surface area contributed by atoms with Crippen LogP contribution in [0.3, 0.4) is 0 Å². The molecule has 0 saturated carbocycles. The zero-order valence-corrected chi connectivity index (χ0v) is 10.6. The third-order valence-electron chi connectivity index (χ3n) is 2.83. The first-order valence-corrected chi connectivity index (χ1v) is 6.08. The Balaban J connectivity index is 1.94. The van der Waals surface area contributed by atoms with Gasteiger partial charge in [0.2, 0.25) is 0 Å². The van der Waals surface area contributed by atoms with Gasteiger partial charge in [-0.15, -0.1) is 0 Å². The molecule has 0 bridgehead atoms. The molecule has 3 nitrogen and oxygen atoms in total. The van der Waals surface area contributed by atoms with Gasteiger partial charge in [0.05, 0.1) is 0 Å². The standard InChI is InChI=1S/C15H13F2NO2/c16-12-2-1-3-13(17)14(12)15(20)18-9-8-10-4-6-11(19)7-5-10/h1-7,19H,8-9H2,(H,18,20). The highest BCUT2D eigenvalue weighted by atomic mass is 19.1. The average Bonchev–Trinajstić information content (AvgIpc) is 2.41. The number of carbonyl (C=O) groups is 1. The van der Waals surface area contributed by atoms with E-state index >= 15 is 0 Å². The van der Waals surface area contributed by atoms with E-state index < -0.39 is 23.1 Å². The second-order valence-electron chi connectivity index (χ2n) is 4.27. The predicted molar refractivity (Wildman–Crippen MR) is 70.5 cm³/mol. The molecule has 2 aromatic rings. The van der Waals surface area contributed by atoms with E-state index in [1.165, 1.54) is 18.2 Å². The van der Waals surface area contributed by atoms with Gasteiger partial charge >= 0.3 is 0 Å². The van der Waals surface area contributed by atoms with Gasteiger partial charge in [-0.3, -0.25) is 4.79 Å². The molecule has 2 aromatic carbocycles. The van der Waals surface area contributed by atoms with Gasteiger partial charge in [0.25, 0.3) is 5.91 Å². The number of amides is 1. The van der Waals surface area contributed by atoms with E-state index in [4.69, 9.17) is 5.11 Å². The molecule has 0 aliphatic heterocycles. The number of benzene rings is 2. The fourth-order valence-electron chi connectivity index (χ4n) is 1.79. The largest absolute Gasteiger partial charge is 0.508 e. The second kappa shape index (κ2) is 6.14. The van der Waals surface area contributed by atoms with E-state index in [9.17, 15) is 13.6 Å². The van der Waals surface area contributed by atoms with Crippen LogP contribution in [0.5, 0.6) is 5.75 Å². The van der Waals surface area contributed by atoms with Gasteiger partial charge in [-0.25, -0.2) is 8.78 Å². The highest BCUT2D eigenvalue weighted by molar-refractivity contribution is 5.94. The van der Waals surface area contributed by atoms with Crippen LogP contribution in [0.1, 0.15) is 15.9 Å². The zero-order valence-electron chi connectivity index (χ0n) is 10.6. The molecular formula is C15H13F2NO2. The lowest BCUT2D eigenvalue weighted by Crippen LogP contribution is -2.27. The molecular weight excluding hydrogens is 264 g/mol. The summed E-state index contributed by atoms with van der Waals surface area (Å²) in [7, 11) is 0. The number of hydrogen-bond donors (Lipinski definition) is 2. The van der Waals surface area contributed by atoms with Crippen molar-refractivity contribution in [2.75, 3.05) is 6.54 Å². The minimum absolute atomic E-state index is 0.159. The number of carbonyl (C=O) groups excluding carboxylic acids is 1. The van der Waals surface area contributed by atoms with Crippen LogP contribution in [0.15, 0.2) is 42.5 Å². The summed E-state index contributed by atoms with van der Waals surface area (Å²) >= 11 is 0. The number of halogens is 2. The molecule has 5 heteroatoms. The Hall–Kier alpha value is -2.43. The van der Waals surface area contributed by atoms with Gasteiger partial charge in [0.15, 0.2) is 0 Å². The van der Waals surface area contributed by atoms with E-state index in [0.717, 1.165) is 17.7 Å². The van der Waals surface area contributed by atoms with Gasteiger partial charge < -0.3 is 10.4 Å². The van der Waals surface area contributed by atoms with E-state index in [-0.39, 0.29) is 12.3 Å². The Morgan fingerprint density at radius 2 is 1.65 bits per heavy atom. The molecule has 0 aliphatic carbocycles. The summed E-state index contributed by atoms with van der Waals surface area (Å²) in [5, 5.41) is 11.6. The number of rotatable bonds is 4. The van der Waals surface area contributed by atoms with Gasteiger partial charge in [-0.05, 0) is 36.2 Å². The van der Waals surface area contributed by atoms with Crippen molar-refractivity contribution in [2.45, 2.75) is 6.42 Å². The SMILES string of the molecule is O=C(NCCc1ccc(O)cc1)c1c(F)cccc1F. The fourth-order valence-corrected chi connectivity index (χ4v) is 1.79. The van der Waals surface area contributed by atoms with Crippen molar-refractivity contribution in [3.05, 3.63) is 65.2 Å². The van der Waals surface area contributed by atoms with Crippen molar-refractivity contribution < 1.29 is 18.7 Å². The molecule has 0 atom stereocenters. The van der Waals surface area contributed by atoms with Crippen LogP contribution >= 0.6 is 0 Å². The van der Waals surface area contributed by atoms with Crippen LogP contribution in [0.2, 0.25) is 0 Å². The number of aromatic hydroxyl groups is 1. The van der Waals surface area contributed by atoms with Crippen molar-refractivity contribution in [1.29, 1.82) is 0 Å². The lowest BCUT2D eigenvalue weighted by atomic mass is 10.1. The minimum atomic E-state index is -0.882. The maximum Gasteiger partial charge on any atom is 0.257 e. The summed E-state index contributed by atoms with van der Waals surface area (Å²) in [6, 6.07) is 9.78. The molecule has 2 rings (SSSR count). The van der Waals surface area contributed by atoms with Crippen molar-refractivity contribution in [3.8, 4) is 5.75 Å². The molecule has 0 aromatic heterocycles. The first kappa shape index (κ1) is 14.0. The molecule has 0 heterocycles. The normalized spacial score (nSPS) is 10.3. The van der Waals surface area contributed by atoms with Crippen molar-refractivity contribution in [2.24, 2.45) is 0 Å². The van der Waals surface area contributed by atoms with Gasteiger partial charge in [-0.2, -0.15) is 0 Å². The molecule has 1 amide bonds. The van der Waals surface area contributed by atoms with Crippen molar-refractivity contribution in [1.82, 2.24) is 5.32 Å². The summed E-state index contributed by atoms with van der Waals surface area (Å²) in [4.78, 5) is 11.7. The number of hydrogen-bond acceptors (Lipinski definition) is 2. The van der Waals surface area contributed by atoms with Crippen LogP contribution in [0, 0.1) is 11.6 Å². The maximum absolute atomic E-state index is 13.4. The highest BCUT2D eigenvalue weighted by Gasteiger charge is 2.16. The first-order chi connectivity index (χ1) is 9.58. The average molecular weight is 277 g/mol. The molecule has 0 radical (unpaired) electrons. The Bertz CT molecular complexity index is 592. The first-order valence-electron chi connectivity index (χ1n) is 6.08. The molecule has 104 valence electrons. The Morgan fingerprint density at radius 3 is 2.25 bits per heavy atom. The van der Waals surface area contributed by atoms with E-state index in [1.54, 1.807) is 12.1 Å². The van der Waals surface area contributed by atoms with E-state index in [0.29, 0.717) is 6.42 Å². The maximum atomic E-state index is 13.4. The monoisotopic (exact) mass is 277 g/mol. The quantitative estimate of drug-likeness (QED) is 0.902. The fraction of sp³-hybridized carbons (Fsp3) is 0.133. The van der Waals surface area contributed by atoms with Crippen LogP contribution in [0.4, 0.5) is 8.78 Å². The summed E-state index contributed by atoms with van der Waals surface area (Å²) in [5.74, 6) is -2.38. The van der Waals surface area contributed by atoms with Crippen LogP contribution in [-0.4, -0.2) is 17.6 Å². The lowest BCUT2D eigenvalue weighted by Gasteiger charge is -2.07. The van der Waals surface area contributed by atoms with Gasteiger partial charge in [0, 0.05) is 6.54 Å². The Labute approximate surface area is 114 Å². The van der Waals surface area contributed by atoms with Crippen molar-refractivity contribution >= 4 is 5.91 Å². The van der Waals surface area contributed by atoms with Crippen LogP contribution < -0.4 is 5.32 Å². The van der Waals surface area contributed by atoms with Gasteiger partial charge in [-0.1, -0.05) is 18.2 Å². The zero-order chi connectivity index (χ0) is 14.5. The molecule has 0 unspecified atom stereocenters. The molecule has 2 N–H and O–H groups in total.